The number of nitrogens with zero attached hydrogens (tertiary/aromatic N) is 3. The summed E-state index contributed by atoms with van der Waals surface area (Å²) in [6.07, 6.45) is 1.92. The first-order chi connectivity index (χ1) is 14.7. The minimum absolute atomic E-state index is 0.0856. The Balaban J connectivity index is 2.13. The summed E-state index contributed by atoms with van der Waals surface area (Å²) in [5.41, 5.74) is 1.34. The van der Waals surface area contributed by atoms with E-state index >= 15 is 0 Å². The van der Waals surface area contributed by atoms with Gasteiger partial charge in [-0.25, -0.2) is 9.18 Å². The van der Waals surface area contributed by atoms with Gasteiger partial charge in [0.2, 0.25) is 5.91 Å². The molecule has 31 heavy (non-hydrogen) atoms. The largest absolute Gasteiger partial charge is 0.383 e. The Morgan fingerprint density at radius 2 is 2.00 bits per heavy atom. The number of benzene rings is 1. The molecule has 0 bridgehead atoms. The molecule has 0 radical (unpaired) electrons. The van der Waals surface area contributed by atoms with Gasteiger partial charge < -0.3 is 24.4 Å². The number of nitrogens with one attached hydrogen (secondary N) is 1. The number of rotatable bonds is 10. The smallest absolute Gasteiger partial charge is 0.322 e. The van der Waals surface area contributed by atoms with E-state index in [0.29, 0.717) is 31.9 Å². The van der Waals surface area contributed by atoms with Crippen molar-refractivity contribution in [3.63, 3.8) is 0 Å². The fourth-order valence-corrected chi connectivity index (χ4v) is 3.23. The molecule has 0 atom stereocenters. The van der Waals surface area contributed by atoms with E-state index in [2.05, 4.69) is 5.32 Å². The zero-order valence-electron chi connectivity index (χ0n) is 18.4. The van der Waals surface area contributed by atoms with Gasteiger partial charge in [-0.3, -0.25) is 4.79 Å². The van der Waals surface area contributed by atoms with Gasteiger partial charge in [-0.15, -0.1) is 0 Å². The third-order valence-corrected chi connectivity index (χ3v) is 4.98. The average molecular weight is 453 g/mol. The molecule has 0 saturated carbocycles. The predicted molar refractivity (Wildman–Crippen MR) is 120 cm³/mol. The van der Waals surface area contributed by atoms with E-state index in [4.69, 9.17) is 16.3 Å². The number of urea groups is 1. The van der Waals surface area contributed by atoms with E-state index in [-0.39, 0.29) is 23.4 Å². The van der Waals surface area contributed by atoms with Crippen molar-refractivity contribution in [1.29, 1.82) is 0 Å². The van der Waals surface area contributed by atoms with Crippen LogP contribution in [0, 0.1) is 11.7 Å². The third-order valence-electron chi connectivity index (χ3n) is 4.69. The van der Waals surface area contributed by atoms with Crippen LogP contribution in [0.2, 0.25) is 5.02 Å². The second-order valence-corrected chi connectivity index (χ2v) is 8.16. The average Bonchev–Trinajstić information content (AvgIpc) is 3.11. The van der Waals surface area contributed by atoms with Gasteiger partial charge in [-0.2, -0.15) is 0 Å². The quantitative estimate of drug-likeness (QED) is 0.592. The Labute approximate surface area is 187 Å². The topological polar surface area (TPSA) is 66.8 Å². The number of methoxy groups -OCH3 is 1. The van der Waals surface area contributed by atoms with Crippen molar-refractivity contribution in [3.05, 3.63) is 53.1 Å². The van der Waals surface area contributed by atoms with E-state index < -0.39 is 11.8 Å². The molecule has 1 aromatic heterocycles. The summed E-state index contributed by atoms with van der Waals surface area (Å²) in [5, 5.41) is 2.61. The molecule has 1 N–H and O–H groups in total. The lowest BCUT2D eigenvalue weighted by Crippen LogP contribution is -2.46. The molecular weight excluding hydrogens is 423 g/mol. The lowest BCUT2D eigenvalue weighted by atomic mass is 10.2. The molecule has 2 aromatic rings. The zero-order chi connectivity index (χ0) is 23.0. The number of aromatic nitrogens is 1. The summed E-state index contributed by atoms with van der Waals surface area (Å²) in [5.74, 6) is -0.606. The number of carbonyl (C=O) groups is 2. The van der Waals surface area contributed by atoms with Gasteiger partial charge in [-0.1, -0.05) is 25.4 Å². The van der Waals surface area contributed by atoms with E-state index in [9.17, 15) is 14.0 Å². The Hall–Kier alpha value is -2.58. The Morgan fingerprint density at radius 1 is 1.26 bits per heavy atom. The molecular formula is C22H30ClFN4O3. The lowest BCUT2D eigenvalue weighted by molar-refractivity contribution is -0.133. The molecule has 1 aromatic carbocycles. The first kappa shape index (κ1) is 24.7. The summed E-state index contributed by atoms with van der Waals surface area (Å²) in [4.78, 5) is 29.1. The molecule has 1 heterocycles. The monoisotopic (exact) mass is 452 g/mol. The SMILES string of the molecule is COCCN(Cc1cccn1C)C(=O)CN(CC(C)C)C(=O)Nc1ccc(F)c(Cl)c1. The fourth-order valence-electron chi connectivity index (χ4n) is 3.05. The highest BCUT2D eigenvalue weighted by Gasteiger charge is 2.23. The summed E-state index contributed by atoms with van der Waals surface area (Å²) < 4.78 is 20.5. The van der Waals surface area contributed by atoms with Crippen molar-refractivity contribution in [2.45, 2.75) is 20.4 Å². The minimum Gasteiger partial charge on any atom is -0.383 e. The minimum atomic E-state index is -0.566. The van der Waals surface area contributed by atoms with Crippen LogP contribution in [0.1, 0.15) is 19.5 Å². The van der Waals surface area contributed by atoms with Crippen molar-refractivity contribution >= 4 is 29.2 Å². The molecule has 2 rings (SSSR count). The molecule has 0 spiro atoms. The number of aryl methyl sites for hydroxylation is 1. The Kier molecular flexibility index (Phi) is 9.33. The molecule has 0 fully saturated rings. The number of ether oxygens (including phenoxy) is 1. The van der Waals surface area contributed by atoms with Crippen LogP contribution in [0.3, 0.4) is 0 Å². The van der Waals surface area contributed by atoms with E-state index in [1.807, 2.05) is 43.8 Å². The summed E-state index contributed by atoms with van der Waals surface area (Å²) in [6, 6.07) is 7.36. The molecule has 170 valence electrons. The molecule has 0 aliphatic rings. The normalized spacial score (nSPS) is 10.9. The number of anilines is 1. The molecule has 3 amide bonds. The van der Waals surface area contributed by atoms with Crippen LogP contribution < -0.4 is 5.32 Å². The Bertz CT molecular complexity index is 887. The maximum absolute atomic E-state index is 13.4. The zero-order valence-corrected chi connectivity index (χ0v) is 19.2. The fraction of sp³-hybridized carbons (Fsp3) is 0.455. The summed E-state index contributed by atoms with van der Waals surface area (Å²) in [7, 11) is 3.50. The highest BCUT2D eigenvalue weighted by molar-refractivity contribution is 6.31. The molecule has 0 aliphatic carbocycles. The first-order valence-electron chi connectivity index (χ1n) is 10.1. The summed E-state index contributed by atoms with van der Waals surface area (Å²) >= 11 is 5.80. The number of amides is 3. The first-order valence-corrected chi connectivity index (χ1v) is 10.5. The number of hydrogen-bond acceptors (Lipinski definition) is 3. The molecule has 0 aliphatic heterocycles. The van der Waals surface area contributed by atoms with Gasteiger partial charge in [0.05, 0.1) is 18.2 Å². The second-order valence-electron chi connectivity index (χ2n) is 7.75. The maximum atomic E-state index is 13.4. The number of carbonyl (C=O) groups excluding carboxylic acids is 2. The number of hydrogen-bond donors (Lipinski definition) is 1. The van der Waals surface area contributed by atoms with Gasteiger partial charge in [0.15, 0.2) is 0 Å². The van der Waals surface area contributed by atoms with Crippen molar-refractivity contribution in [3.8, 4) is 0 Å². The molecule has 0 saturated heterocycles. The summed E-state index contributed by atoms with van der Waals surface area (Å²) in [6.45, 7) is 5.43. The number of halogens is 2. The van der Waals surface area contributed by atoms with Gasteiger partial charge in [0.25, 0.3) is 0 Å². The molecule has 9 heteroatoms. The van der Waals surface area contributed by atoms with Crippen LogP contribution in [-0.4, -0.2) is 59.7 Å². The van der Waals surface area contributed by atoms with Gasteiger partial charge in [-0.05, 0) is 36.2 Å². The van der Waals surface area contributed by atoms with Crippen LogP contribution in [0.4, 0.5) is 14.9 Å². The Morgan fingerprint density at radius 3 is 2.58 bits per heavy atom. The van der Waals surface area contributed by atoms with Crippen LogP contribution >= 0.6 is 11.6 Å². The van der Waals surface area contributed by atoms with E-state index in [0.717, 1.165) is 5.69 Å². The molecule has 0 unspecified atom stereocenters. The van der Waals surface area contributed by atoms with Crippen molar-refractivity contribution in [1.82, 2.24) is 14.4 Å². The maximum Gasteiger partial charge on any atom is 0.322 e. The van der Waals surface area contributed by atoms with Crippen LogP contribution in [-0.2, 0) is 23.1 Å². The second kappa shape index (κ2) is 11.7. The van der Waals surface area contributed by atoms with Crippen molar-refractivity contribution < 1.29 is 18.7 Å². The van der Waals surface area contributed by atoms with Crippen LogP contribution in [0.15, 0.2) is 36.5 Å². The molecule has 7 nitrogen and oxygen atoms in total. The van der Waals surface area contributed by atoms with Gasteiger partial charge in [0.1, 0.15) is 12.4 Å². The standard InChI is InChI=1S/C22H30ClFN4O3/c1-16(2)13-28(22(30)25-17-7-8-20(24)19(23)12-17)15-21(29)27(10-11-31-4)14-18-6-5-9-26(18)3/h5-9,12,16H,10-11,13-15H2,1-4H3,(H,25,30). The van der Waals surface area contributed by atoms with Crippen LogP contribution in [0.5, 0.6) is 0 Å². The third kappa shape index (κ3) is 7.56. The highest BCUT2D eigenvalue weighted by atomic mass is 35.5. The van der Waals surface area contributed by atoms with Crippen LogP contribution in [0.25, 0.3) is 0 Å². The van der Waals surface area contributed by atoms with Gasteiger partial charge >= 0.3 is 6.03 Å². The van der Waals surface area contributed by atoms with Crippen molar-refractivity contribution in [2.24, 2.45) is 13.0 Å². The van der Waals surface area contributed by atoms with E-state index in [1.165, 1.54) is 23.1 Å². The van der Waals surface area contributed by atoms with Gasteiger partial charge in [0, 0.05) is 44.8 Å². The highest BCUT2D eigenvalue weighted by Crippen LogP contribution is 2.20. The lowest BCUT2D eigenvalue weighted by Gasteiger charge is -2.29. The van der Waals surface area contributed by atoms with Crippen molar-refractivity contribution in [2.75, 3.05) is 38.7 Å². The van der Waals surface area contributed by atoms with E-state index in [1.54, 1.807) is 12.0 Å². The predicted octanol–water partition coefficient (Wildman–Crippen LogP) is 3.98.